The number of ether oxygens (including phenoxy) is 2. The summed E-state index contributed by atoms with van der Waals surface area (Å²) in [5, 5.41) is 9.83. The van der Waals surface area contributed by atoms with Gasteiger partial charge in [0.15, 0.2) is 0 Å². The minimum Gasteiger partial charge on any atom is -0.491 e. The van der Waals surface area contributed by atoms with Gasteiger partial charge in [0.05, 0.1) is 0 Å². The van der Waals surface area contributed by atoms with Crippen LogP contribution in [0.15, 0.2) is 36.9 Å². The van der Waals surface area contributed by atoms with Crippen molar-refractivity contribution in [3.8, 4) is 5.75 Å². The van der Waals surface area contributed by atoms with Crippen LogP contribution in [-0.2, 0) is 16.0 Å². The van der Waals surface area contributed by atoms with Crippen LogP contribution < -0.4 is 4.74 Å². The van der Waals surface area contributed by atoms with Crippen molar-refractivity contribution in [3.05, 3.63) is 42.5 Å². The van der Waals surface area contributed by atoms with Gasteiger partial charge in [0.2, 0.25) is 0 Å². The first-order valence-electron chi connectivity index (χ1n) is 6.79. The molecule has 0 spiro atoms. The molecule has 0 aromatic heterocycles. The molecule has 0 saturated carbocycles. The SMILES string of the molecule is C=CC(=O)OC(C)C(O)COc1ccc(CCC)cc1. The molecule has 0 radical (unpaired) electrons. The lowest BCUT2D eigenvalue weighted by Gasteiger charge is -2.19. The number of carbonyl (C=O) groups excluding carboxylic acids is 1. The molecule has 2 unspecified atom stereocenters. The minimum atomic E-state index is -0.880. The molecule has 0 heterocycles. The monoisotopic (exact) mass is 278 g/mol. The van der Waals surface area contributed by atoms with E-state index in [0.717, 1.165) is 18.9 Å². The van der Waals surface area contributed by atoms with Crippen LogP contribution in [-0.4, -0.2) is 29.9 Å². The van der Waals surface area contributed by atoms with Gasteiger partial charge in [-0.15, -0.1) is 0 Å². The predicted octanol–water partition coefficient (Wildman–Crippen LogP) is 2.50. The second kappa shape index (κ2) is 8.38. The van der Waals surface area contributed by atoms with E-state index in [4.69, 9.17) is 9.47 Å². The summed E-state index contributed by atoms with van der Waals surface area (Å²) in [4.78, 5) is 11.0. The lowest BCUT2D eigenvalue weighted by Crippen LogP contribution is -2.33. The molecule has 4 heteroatoms. The van der Waals surface area contributed by atoms with E-state index in [1.54, 1.807) is 6.92 Å². The molecule has 1 N–H and O–H groups in total. The Balaban J connectivity index is 2.41. The largest absolute Gasteiger partial charge is 0.491 e. The molecular weight excluding hydrogens is 256 g/mol. The van der Waals surface area contributed by atoms with Crippen molar-refractivity contribution in [2.45, 2.75) is 38.9 Å². The molecule has 0 aliphatic heterocycles. The normalized spacial score (nSPS) is 13.3. The zero-order chi connectivity index (χ0) is 15.0. The third kappa shape index (κ3) is 5.45. The van der Waals surface area contributed by atoms with E-state index in [0.29, 0.717) is 5.75 Å². The molecule has 110 valence electrons. The van der Waals surface area contributed by atoms with Gasteiger partial charge in [0.1, 0.15) is 24.6 Å². The lowest BCUT2D eigenvalue weighted by atomic mass is 10.1. The zero-order valence-electron chi connectivity index (χ0n) is 12.0. The van der Waals surface area contributed by atoms with Gasteiger partial charge in [-0.2, -0.15) is 0 Å². The van der Waals surface area contributed by atoms with Crippen molar-refractivity contribution in [1.29, 1.82) is 0 Å². The van der Waals surface area contributed by atoms with E-state index in [2.05, 4.69) is 13.5 Å². The number of carbonyl (C=O) groups is 1. The fraction of sp³-hybridized carbons (Fsp3) is 0.438. The number of hydrogen-bond donors (Lipinski definition) is 1. The molecule has 0 amide bonds. The average molecular weight is 278 g/mol. The molecular formula is C16H22O4. The van der Waals surface area contributed by atoms with Gasteiger partial charge >= 0.3 is 5.97 Å². The fourth-order valence-corrected chi connectivity index (χ4v) is 1.67. The molecule has 0 saturated heterocycles. The molecule has 0 bridgehead atoms. The van der Waals surface area contributed by atoms with Crippen molar-refractivity contribution in [2.24, 2.45) is 0 Å². The standard InChI is InChI=1S/C16H22O4/c1-4-6-13-7-9-14(10-8-13)19-11-15(17)12(3)20-16(18)5-2/h5,7-10,12,15,17H,2,4,6,11H2,1,3H3. The number of benzene rings is 1. The van der Waals surface area contributed by atoms with Crippen LogP contribution in [0.3, 0.4) is 0 Å². The van der Waals surface area contributed by atoms with Gasteiger partial charge in [-0.25, -0.2) is 4.79 Å². The minimum absolute atomic E-state index is 0.0682. The molecule has 1 aromatic rings. The summed E-state index contributed by atoms with van der Waals surface area (Å²) >= 11 is 0. The highest BCUT2D eigenvalue weighted by molar-refractivity contribution is 5.81. The maximum Gasteiger partial charge on any atom is 0.330 e. The number of aryl methyl sites for hydroxylation is 1. The van der Waals surface area contributed by atoms with Crippen molar-refractivity contribution >= 4 is 5.97 Å². The quantitative estimate of drug-likeness (QED) is 0.586. The summed E-state index contributed by atoms with van der Waals surface area (Å²) in [6.07, 6.45) is 1.69. The summed E-state index contributed by atoms with van der Waals surface area (Å²) < 4.78 is 10.4. The first-order chi connectivity index (χ1) is 9.56. The Morgan fingerprint density at radius 2 is 2.05 bits per heavy atom. The van der Waals surface area contributed by atoms with Gasteiger partial charge in [-0.3, -0.25) is 0 Å². The summed E-state index contributed by atoms with van der Waals surface area (Å²) in [6, 6.07) is 7.76. The van der Waals surface area contributed by atoms with Crippen LogP contribution >= 0.6 is 0 Å². The number of aliphatic hydroxyl groups excluding tert-OH is 1. The van der Waals surface area contributed by atoms with Crippen molar-refractivity contribution in [1.82, 2.24) is 0 Å². The molecule has 2 atom stereocenters. The molecule has 0 fully saturated rings. The maximum atomic E-state index is 11.0. The highest BCUT2D eigenvalue weighted by Crippen LogP contribution is 2.14. The summed E-state index contributed by atoms with van der Waals surface area (Å²) in [5.74, 6) is 0.131. The summed E-state index contributed by atoms with van der Waals surface area (Å²) in [6.45, 7) is 7.11. The Bertz CT molecular complexity index is 425. The highest BCUT2D eigenvalue weighted by Gasteiger charge is 2.18. The molecule has 4 nitrogen and oxygen atoms in total. The van der Waals surface area contributed by atoms with E-state index in [1.165, 1.54) is 5.56 Å². The van der Waals surface area contributed by atoms with E-state index >= 15 is 0 Å². The van der Waals surface area contributed by atoms with Gasteiger partial charge in [-0.05, 0) is 31.0 Å². The van der Waals surface area contributed by atoms with E-state index in [-0.39, 0.29) is 6.61 Å². The van der Waals surface area contributed by atoms with E-state index in [9.17, 15) is 9.90 Å². The summed E-state index contributed by atoms with van der Waals surface area (Å²) in [5.41, 5.74) is 1.26. The van der Waals surface area contributed by atoms with Gasteiger partial charge in [0.25, 0.3) is 0 Å². The van der Waals surface area contributed by atoms with Crippen molar-refractivity contribution in [2.75, 3.05) is 6.61 Å². The maximum absolute atomic E-state index is 11.0. The first kappa shape index (κ1) is 16.2. The lowest BCUT2D eigenvalue weighted by molar-refractivity contribution is -0.148. The average Bonchev–Trinajstić information content (AvgIpc) is 2.46. The molecule has 20 heavy (non-hydrogen) atoms. The van der Waals surface area contributed by atoms with Gasteiger partial charge < -0.3 is 14.6 Å². The topological polar surface area (TPSA) is 55.8 Å². The second-order valence-electron chi connectivity index (χ2n) is 4.62. The van der Waals surface area contributed by atoms with Crippen LogP contribution in [0.25, 0.3) is 0 Å². The predicted molar refractivity (Wildman–Crippen MR) is 77.7 cm³/mol. The van der Waals surface area contributed by atoms with Crippen LogP contribution in [0, 0.1) is 0 Å². The van der Waals surface area contributed by atoms with Crippen LogP contribution in [0.5, 0.6) is 5.75 Å². The van der Waals surface area contributed by atoms with Crippen LogP contribution in [0.2, 0.25) is 0 Å². The smallest absolute Gasteiger partial charge is 0.330 e. The first-order valence-corrected chi connectivity index (χ1v) is 6.79. The Morgan fingerprint density at radius 3 is 2.60 bits per heavy atom. The molecule has 0 aliphatic carbocycles. The fourth-order valence-electron chi connectivity index (χ4n) is 1.67. The summed E-state index contributed by atoms with van der Waals surface area (Å²) in [7, 11) is 0. The number of aliphatic hydroxyl groups is 1. The molecule has 0 aliphatic rings. The third-order valence-electron chi connectivity index (χ3n) is 2.89. The molecule has 1 aromatic carbocycles. The number of hydrogen-bond acceptors (Lipinski definition) is 4. The molecule has 1 rings (SSSR count). The van der Waals surface area contributed by atoms with Crippen LogP contribution in [0.1, 0.15) is 25.8 Å². The number of rotatable bonds is 8. The number of esters is 1. The van der Waals surface area contributed by atoms with Gasteiger partial charge in [-0.1, -0.05) is 32.1 Å². The van der Waals surface area contributed by atoms with Crippen molar-refractivity contribution in [3.63, 3.8) is 0 Å². The van der Waals surface area contributed by atoms with Gasteiger partial charge in [0, 0.05) is 6.08 Å². The van der Waals surface area contributed by atoms with Crippen LogP contribution in [0.4, 0.5) is 0 Å². The Hall–Kier alpha value is -1.81. The highest BCUT2D eigenvalue weighted by atomic mass is 16.6. The third-order valence-corrected chi connectivity index (χ3v) is 2.89. The van der Waals surface area contributed by atoms with Crippen molar-refractivity contribution < 1.29 is 19.4 Å². The Labute approximate surface area is 120 Å². The second-order valence-corrected chi connectivity index (χ2v) is 4.62. The Kier molecular flexibility index (Phi) is 6.81. The zero-order valence-corrected chi connectivity index (χ0v) is 12.0. The Morgan fingerprint density at radius 1 is 1.40 bits per heavy atom. The van der Waals surface area contributed by atoms with E-state index in [1.807, 2.05) is 24.3 Å². The van der Waals surface area contributed by atoms with E-state index < -0.39 is 18.2 Å².